The number of fused-ring (bicyclic) bond motifs is 2. The van der Waals surface area contributed by atoms with Gasteiger partial charge in [-0.2, -0.15) is 5.10 Å². The van der Waals surface area contributed by atoms with E-state index in [1.807, 2.05) is 35.1 Å². The van der Waals surface area contributed by atoms with E-state index in [4.69, 9.17) is 9.47 Å². The molecule has 0 bridgehead atoms. The van der Waals surface area contributed by atoms with Crippen LogP contribution < -0.4 is 4.74 Å². The Bertz CT molecular complexity index is 698. The van der Waals surface area contributed by atoms with Crippen molar-refractivity contribution in [2.75, 3.05) is 13.2 Å². The highest BCUT2D eigenvalue weighted by atomic mass is 16.5. The Morgan fingerprint density at radius 3 is 3.17 bits per heavy atom. The van der Waals surface area contributed by atoms with Crippen LogP contribution in [-0.4, -0.2) is 29.0 Å². The number of esters is 1. The summed E-state index contributed by atoms with van der Waals surface area (Å²) in [5.41, 5.74) is 1.12. The summed E-state index contributed by atoms with van der Waals surface area (Å²) in [6.45, 7) is 1.90. The Labute approximate surface area is 135 Å². The van der Waals surface area contributed by atoms with E-state index in [9.17, 15) is 4.79 Å². The van der Waals surface area contributed by atoms with E-state index < -0.39 is 0 Å². The summed E-state index contributed by atoms with van der Waals surface area (Å²) in [5, 5.41) is 4.14. The number of carbonyl (C=O) groups excluding carboxylic acids is 1. The minimum absolute atomic E-state index is 0.0164. The van der Waals surface area contributed by atoms with Crippen molar-refractivity contribution in [2.24, 2.45) is 5.92 Å². The number of aromatic nitrogens is 2. The SMILES string of the molecule is O=C(OCCCn1cccn1)C1CC12CCOc1ccccc12. The molecule has 1 fully saturated rings. The van der Waals surface area contributed by atoms with E-state index in [1.54, 1.807) is 6.20 Å². The third-order valence-corrected chi connectivity index (χ3v) is 4.92. The van der Waals surface area contributed by atoms with Crippen molar-refractivity contribution >= 4 is 5.97 Å². The number of rotatable bonds is 5. The number of ether oxygens (including phenoxy) is 2. The van der Waals surface area contributed by atoms with Gasteiger partial charge in [0, 0.05) is 36.3 Å². The minimum Gasteiger partial charge on any atom is -0.493 e. The molecule has 0 saturated heterocycles. The number of nitrogens with zero attached hydrogens (tertiary/aromatic N) is 2. The van der Waals surface area contributed by atoms with Gasteiger partial charge in [0.25, 0.3) is 0 Å². The Morgan fingerprint density at radius 2 is 2.30 bits per heavy atom. The van der Waals surface area contributed by atoms with Crippen LogP contribution in [0.5, 0.6) is 5.75 Å². The molecular formula is C18H20N2O3. The van der Waals surface area contributed by atoms with Crippen LogP contribution in [0.15, 0.2) is 42.7 Å². The Balaban J connectivity index is 1.33. The maximum absolute atomic E-state index is 12.4. The average molecular weight is 312 g/mol. The predicted octanol–water partition coefficient (Wildman–Crippen LogP) is 2.56. The molecular weight excluding hydrogens is 292 g/mol. The first-order chi connectivity index (χ1) is 11.3. The largest absolute Gasteiger partial charge is 0.493 e. The Hall–Kier alpha value is -2.30. The van der Waals surface area contributed by atoms with Crippen LogP contribution in [0.1, 0.15) is 24.8 Å². The number of hydrogen-bond donors (Lipinski definition) is 0. The molecule has 0 N–H and O–H groups in total. The van der Waals surface area contributed by atoms with Gasteiger partial charge in [0.2, 0.25) is 0 Å². The van der Waals surface area contributed by atoms with Crippen LogP contribution in [0.3, 0.4) is 0 Å². The second-order valence-corrected chi connectivity index (χ2v) is 6.30. The predicted molar refractivity (Wildman–Crippen MR) is 84.1 cm³/mol. The highest BCUT2D eigenvalue weighted by Gasteiger charge is 2.61. The monoisotopic (exact) mass is 312 g/mol. The minimum atomic E-state index is -0.0674. The normalized spacial score (nSPS) is 24.8. The van der Waals surface area contributed by atoms with Gasteiger partial charge in [-0.1, -0.05) is 18.2 Å². The third kappa shape index (κ3) is 2.60. The fourth-order valence-corrected chi connectivity index (χ4v) is 3.60. The fraction of sp³-hybridized carbons (Fsp3) is 0.444. The van der Waals surface area contributed by atoms with Crippen molar-refractivity contribution in [1.82, 2.24) is 9.78 Å². The molecule has 120 valence electrons. The first-order valence-corrected chi connectivity index (χ1v) is 8.16. The molecule has 0 radical (unpaired) electrons. The molecule has 5 heteroatoms. The average Bonchev–Trinajstić information content (AvgIpc) is 3.05. The number of para-hydroxylation sites is 1. The number of hydrogen-bond acceptors (Lipinski definition) is 4. The van der Waals surface area contributed by atoms with Crippen molar-refractivity contribution in [3.05, 3.63) is 48.3 Å². The van der Waals surface area contributed by atoms with Crippen molar-refractivity contribution in [3.8, 4) is 5.75 Å². The van der Waals surface area contributed by atoms with Crippen LogP contribution in [0.2, 0.25) is 0 Å². The Morgan fingerprint density at radius 1 is 1.39 bits per heavy atom. The summed E-state index contributed by atoms with van der Waals surface area (Å²) in [6, 6.07) is 9.95. The molecule has 2 unspecified atom stereocenters. The Kier molecular flexibility index (Phi) is 3.56. The van der Waals surface area contributed by atoms with Crippen LogP contribution in [0, 0.1) is 5.92 Å². The van der Waals surface area contributed by atoms with Gasteiger partial charge in [-0.25, -0.2) is 0 Å². The topological polar surface area (TPSA) is 53.4 Å². The third-order valence-electron chi connectivity index (χ3n) is 4.92. The molecule has 0 amide bonds. The molecule has 23 heavy (non-hydrogen) atoms. The molecule has 1 aliphatic heterocycles. The van der Waals surface area contributed by atoms with Gasteiger partial charge in [0.15, 0.2) is 0 Å². The summed E-state index contributed by atoms with van der Waals surface area (Å²) in [6.07, 6.45) is 6.23. The van der Waals surface area contributed by atoms with Crippen LogP contribution in [0.4, 0.5) is 0 Å². The highest BCUT2D eigenvalue weighted by molar-refractivity contribution is 5.80. The zero-order valence-corrected chi connectivity index (χ0v) is 13.0. The van der Waals surface area contributed by atoms with E-state index in [2.05, 4.69) is 11.2 Å². The van der Waals surface area contributed by atoms with Gasteiger partial charge in [0.05, 0.1) is 19.1 Å². The van der Waals surface area contributed by atoms with Crippen LogP contribution >= 0.6 is 0 Å². The standard InChI is InChI=1S/C18H20N2O3/c21-17(23-11-4-10-20-9-3-8-19-20)15-13-18(15)7-12-22-16-6-2-1-5-14(16)18/h1-3,5-6,8-9,15H,4,7,10-13H2. The number of carbonyl (C=O) groups is 1. The first kappa shape index (κ1) is 14.3. The molecule has 2 aliphatic rings. The lowest BCUT2D eigenvalue weighted by Crippen LogP contribution is -2.25. The van der Waals surface area contributed by atoms with Gasteiger partial charge >= 0.3 is 5.97 Å². The zero-order valence-electron chi connectivity index (χ0n) is 13.0. The lowest BCUT2D eigenvalue weighted by molar-refractivity contribution is -0.146. The molecule has 2 aromatic rings. The van der Waals surface area contributed by atoms with Crippen LogP contribution in [0.25, 0.3) is 0 Å². The van der Waals surface area contributed by atoms with Crippen molar-refractivity contribution in [2.45, 2.75) is 31.2 Å². The van der Waals surface area contributed by atoms with Crippen molar-refractivity contribution < 1.29 is 14.3 Å². The maximum atomic E-state index is 12.4. The van der Waals surface area contributed by atoms with E-state index >= 15 is 0 Å². The number of aryl methyl sites for hydroxylation is 1. The molecule has 4 rings (SSSR count). The smallest absolute Gasteiger partial charge is 0.309 e. The summed E-state index contributed by atoms with van der Waals surface area (Å²) >= 11 is 0. The molecule has 1 spiro atoms. The molecule has 1 saturated carbocycles. The van der Waals surface area contributed by atoms with Gasteiger partial charge in [-0.15, -0.1) is 0 Å². The van der Waals surface area contributed by atoms with Gasteiger partial charge < -0.3 is 9.47 Å². The molecule has 1 aliphatic carbocycles. The first-order valence-electron chi connectivity index (χ1n) is 8.16. The lowest BCUT2D eigenvalue weighted by atomic mass is 9.87. The van der Waals surface area contributed by atoms with E-state index in [0.29, 0.717) is 13.2 Å². The summed E-state index contributed by atoms with van der Waals surface area (Å²) in [7, 11) is 0. The molecule has 2 atom stereocenters. The zero-order chi connectivity index (χ0) is 15.7. The lowest BCUT2D eigenvalue weighted by Gasteiger charge is -2.26. The van der Waals surface area contributed by atoms with Gasteiger partial charge in [0.1, 0.15) is 5.75 Å². The van der Waals surface area contributed by atoms with E-state index in [0.717, 1.165) is 31.6 Å². The second kappa shape index (κ2) is 5.72. The molecule has 5 nitrogen and oxygen atoms in total. The molecule has 2 heterocycles. The maximum Gasteiger partial charge on any atom is 0.309 e. The summed E-state index contributed by atoms with van der Waals surface area (Å²) in [4.78, 5) is 12.4. The summed E-state index contributed by atoms with van der Waals surface area (Å²) in [5.74, 6) is 0.840. The van der Waals surface area contributed by atoms with Crippen molar-refractivity contribution in [3.63, 3.8) is 0 Å². The van der Waals surface area contributed by atoms with E-state index in [1.165, 1.54) is 5.56 Å². The quantitative estimate of drug-likeness (QED) is 0.629. The summed E-state index contributed by atoms with van der Waals surface area (Å²) < 4.78 is 13.0. The number of benzene rings is 1. The fourth-order valence-electron chi connectivity index (χ4n) is 3.60. The van der Waals surface area contributed by atoms with E-state index in [-0.39, 0.29) is 17.3 Å². The molecule has 1 aromatic heterocycles. The van der Waals surface area contributed by atoms with Crippen LogP contribution in [-0.2, 0) is 21.5 Å². The van der Waals surface area contributed by atoms with Crippen molar-refractivity contribution in [1.29, 1.82) is 0 Å². The van der Waals surface area contributed by atoms with Gasteiger partial charge in [-0.3, -0.25) is 9.48 Å². The highest BCUT2D eigenvalue weighted by Crippen LogP contribution is 2.60. The molecule has 1 aromatic carbocycles. The second-order valence-electron chi connectivity index (χ2n) is 6.30. The van der Waals surface area contributed by atoms with Gasteiger partial charge in [-0.05, 0) is 25.0 Å².